The summed E-state index contributed by atoms with van der Waals surface area (Å²) in [6.45, 7) is 16.9. The van der Waals surface area contributed by atoms with E-state index in [-0.39, 0.29) is 42.0 Å². The standard InChI is InChI=1S/C32H54N4O5/c1-22(20-32(6)30(41-32)25(4)29(39-7)26(5)37)10-8-11-23(2)28-24(3)12-13-27(40-28)21-34-31(38)36-18-16-35(17-19-36)15-9-14-33/h8,10-11,22,24-30,37H,9,12-13,15-21H2,1-7H3,(H,34,38)/b10-8+,23-11+/t22-,24+,25-,26-,27-,28-,29-,30-,32-/m1/s1. The second-order valence-electron chi connectivity index (χ2n) is 12.8. The van der Waals surface area contributed by atoms with E-state index in [0.717, 1.165) is 38.9 Å². The van der Waals surface area contributed by atoms with Crippen molar-refractivity contribution in [2.45, 2.75) is 103 Å². The number of hydrogen-bond acceptors (Lipinski definition) is 7. The Hall–Kier alpha value is -1.96. The van der Waals surface area contributed by atoms with E-state index in [0.29, 0.717) is 37.9 Å². The number of ether oxygens (including phenoxy) is 3. The van der Waals surface area contributed by atoms with Crippen molar-refractivity contribution >= 4 is 6.03 Å². The van der Waals surface area contributed by atoms with Crippen LogP contribution in [0.4, 0.5) is 4.79 Å². The maximum absolute atomic E-state index is 12.7. The average Bonchev–Trinajstić information content (AvgIpc) is 3.61. The van der Waals surface area contributed by atoms with Gasteiger partial charge in [0.2, 0.25) is 0 Å². The normalized spacial score (nSPS) is 32.3. The second kappa shape index (κ2) is 15.5. The molecule has 0 radical (unpaired) electrons. The van der Waals surface area contributed by atoms with Gasteiger partial charge in [-0.2, -0.15) is 5.26 Å². The number of epoxide rings is 1. The summed E-state index contributed by atoms with van der Waals surface area (Å²) in [7, 11) is 1.65. The summed E-state index contributed by atoms with van der Waals surface area (Å²) >= 11 is 0. The number of carbonyl (C=O) groups is 1. The minimum absolute atomic E-state index is 0.00627. The number of aliphatic hydroxyl groups is 1. The summed E-state index contributed by atoms with van der Waals surface area (Å²) in [5.41, 5.74) is 1.00. The Bertz CT molecular complexity index is 941. The van der Waals surface area contributed by atoms with Gasteiger partial charge >= 0.3 is 6.03 Å². The summed E-state index contributed by atoms with van der Waals surface area (Å²) in [4.78, 5) is 16.8. The van der Waals surface area contributed by atoms with Crippen LogP contribution in [0.15, 0.2) is 23.8 Å². The largest absolute Gasteiger partial charge is 0.391 e. The second-order valence-corrected chi connectivity index (χ2v) is 12.8. The van der Waals surface area contributed by atoms with Gasteiger partial charge in [-0.25, -0.2) is 4.79 Å². The minimum atomic E-state index is -0.531. The molecule has 0 aromatic carbocycles. The molecule has 0 saturated carbocycles. The first-order chi connectivity index (χ1) is 19.5. The first-order valence-corrected chi connectivity index (χ1v) is 15.5. The van der Waals surface area contributed by atoms with Gasteiger partial charge in [-0.05, 0) is 57.4 Å². The summed E-state index contributed by atoms with van der Waals surface area (Å²) < 4.78 is 18.1. The molecule has 41 heavy (non-hydrogen) atoms. The van der Waals surface area contributed by atoms with Crippen molar-refractivity contribution in [3.05, 3.63) is 23.8 Å². The molecular formula is C32H54N4O5. The molecule has 2 N–H and O–H groups in total. The Morgan fingerprint density at radius 1 is 1.24 bits per heavy atom. The van der Waals surface area contributed by atoms with Gasteiger partial charge in [-0.1, -0.05) is 39.0 Å². The fourth-order valence-corrected chi connectivity index (χ4v) is 6.72. The number of carbonyl (C=O) groups excluding carboxylic acids is 1. The van der Waals surface area contributed by atoms with Gasteiger partial charge in [0, 0.05) is 58.7 Å². The molecule has 2 amide bonds. The Labute approximate surface area is 247 Å². The third kappa shape index (κ3) is 9.52. The van der Waals surface area contributed by atoms with E-state index in [1.807, 2.05) is 4.90 Å². The number of nitrogens with zero attached hydrogens (tertiary/aromatic N) is 3. The maximum Gasteiger partial charge on any atom is 0.317 e. The highest BCUT2D eigenvalue weighted by molar-refractivity contribution is 5.74. The highest BCUT2D eigenvalue weighted by atomic mass is 16.6. The molecule has 3 saturated heterocycles. The fraction of sp³-hybridized carbons (Fsp3) is 0.812. The number of aliphatic hydroxyl groups excluding tert-OH is 1. The summed E-state index contributed by atoms with van der Waals surface area (Å²) in [5.74, 6) is 0.889. The van der Waals surface area contributed by atoms with Gasteiger partial charge in [-0.15, -0.1) is 0 Å². The van der Waals surface area contributed by atoms with Crippen molar-refractivity contribution in [1.82, 2.24) is 15.1 Å². The van der Waals surface area contributed by atoms with Crippen molar-refractivity contribution in [3.63, 3.8) is 0 Å². The van der Waals surface area contributed by atoms with E-state index in [2.05, 4.69) is 69.1 Å². The molecule has 9 heteroatoms. The zero-order valence-electron chi connectivity index (χ0n) is 26.3. The lowest BCUT2D eigenvalue weighted by molar-refractivity contribution is -0.0570. The van der Waals surface area contributed by atoms with Gasteiger partial charge in [0.15, 0.2) is 0 Å². The molecule has 3 fully saturated rings. The van der Waals surface area contributed by atoms with Crippen molar-refractivity contribution in [2.24, 2.45) is 17.8 Å². The molecule has 9 nitrogen and oxygen atoms in total. The molecule has 232 valence electrons. The van der Waals surface area contributed by atoms with E-state index >= 15 is 0 Å². The van der Waals surface area contributed by atoms with E-state index in [4.69, 9.17) is 19.5 Å². The van der Waals surface area contributed by atoms with Gasteiger partial charge in [0.05, 0.1) is 42.2 Å². The molecule has 3 heterocycles. The Morgan fingerprint density at radius 3 is 2.59 bits per heavy atom. The van der Waals surface area contributed by atoms with Gasteiger partial charge in [0.25, 0.3) is 0 Å². The molecule has 3 aliphatic rings. The number of allylic oxidation sites excluding steroid dienone is 3. The highest BCUT2D eigenvalue weighted by Gasteiger charge is 2.56. The monoisotopic (exact) mass is 574 g/mol. The van der Waals surface area contributed by atoms with E-state index < -0.39 is 6.10 Å². The lowest BCUT2D eigenvalue weighted by Crippen LogP contribution is -2.53. The third-order valence-corrected chi connectivity index (χ3v) is 9.14. The summed E-state index contributed by atoms with van der Waals surface area (Å²) in [6.07, 6.45) is 9.34. The topological polar surface area (TPSA) is 111 Å². The van der Waals surface area contributed by atoms with Crippen LogP contribution in [0.25, 0.3) is 0 Å². The predicted octanol–water partition coefficient (Wildman–Crippen LogP) is 4.13. The number of nitrogens with one attached hydrogen (secondary N) is 1. The van der Waals surface area contributed by atoms with Crippen molar-refractivity contribution in [1.29, 1.82) is 5.26 Å². The lowest BCUT2D eigenvalue weighted by atomic mass is 9.85. The molecule has 0 spiro atoms. The summed E-state index contributed by atoms with van der Waals surface area (Å²) in [5, 5.41) is 21.9. The van der Waals surface area contributed by atoms with Crippen LogP contribution < -0.4 is 5.32 Å². The van der Waals surface area contributed by atoms with Crippen molar-refractivity contribution < 1.29 is 24.1 Å². The van der Waals surface area contributed by atoms with E-state index in [9.17, 15) is 9.90 Å². The number of nitriles is 1. The number of methoxy groups -OCH3 is 1. The molecular weight excluding hydrogens is 520 g/mol. The first-order valence-electron chi connectivity index (χ1n) is 15.5. The van der Waals surface area contributed by atoms with E-state index in [1.165, 1.54) is 5.57 Å². The zero-order valence-corrected chi connectivity index (χ0v) is 26.3. The van der Waals surface area contributed by atoms with Gasteiger partial charge in [-0.3, -0.25) is 4.90 Å². The van der Waals surface area contributed by atoms with Crippen LogP contribution in [0.3, 0.4) is 0 Å². The molecule has 0 bridgehead atoms. The van der Waals surface area contributed by atoms with Crippen LogP contribution in [0.1, 0.15) is 67.2 Å². The van der Waals surface area contributed by atoms with Crippen LogP contribution in [-0.4, -0.2) is 103 Å². The van der Waals surface area contributed by atoms with Crippen LogP contribution >= 0.6 is 0 Å². The number of urea groups is 1. The number of piperazine rings is 1. The van der Waals surface area contributed by atoms with Crippen LogP contribution in [-0.2, 0) is 14.2 Å². The zero-order chi connectivity index (χ0) is 30.2. The first kappa shape index (κ1) is 33.5. The van der Waals surface area contributed by atoms with Crippen molar-refractivity contribution in [2.75, 3.05) is 46.4 Å². The number of amides is 2. The molecule has 3 aliphatic heterocycles. The molecule has 0 aromatic heterocycles. The van der Waals surface area contributed by atoms with E-state index in [1.54, 1.807) is 14.0 Å². The lowest BCUT2D eigenvalue weighted by Gasteiger charge is -2.37. The number of rotatable bonds is 13. The smallest absolute Gasteiger partial charge is 0.317 e. The molecule has 0 aliphatic carbocycles. The Kier molecular flexibility index (Phi) is 12.7. The highest BCUT2D eigenvalue weighted by Crippen LogP contribution is 2.47. The summed E-state index contributed by atoms with van der Waals surface area (Å²) in [6, 6.07) is 2.16. The predicted molar refractivity (Wildman–Crippen MR) is 160 cm³/mol. The molecule has 3 rings (SSSR count). The minimum Gasteiger partial charge on any atom is -0.391 e. The van der Waals surface area contributed by atoms with Crippen molar-refractivity contribution in [3.8, 4) is 6.07 Å². The third-order valence-electron chi connectivity index (χ3n) is 9.14. The SMILES string of the molecule is CO[C@H]([C@@H](C)[C@H]1O[C@]1(C)C[C@H](C)/C=C/C=C(\C)[C@H]1O[C@@H](CNC(=O)N2CCN(CCC#N)CC2)CC[C@@H]1C)[C@@H](C)O. The van der Waals surface area contributed by atoms with Crippen LogP contribution in [0, 0.1) is 29.1 Å². The van der Waals surface area contributed by atoms with Gasteiger partial charge in [0.1, 0.15) is 0 Å². The average molecular weight is 575 g/mol. The maximum atomic E-state index is 12.7. The Balaban J connectivity index is 1.43. The van der Waals surface area contributed by atoms with Gasteiger partial charge < -0.3 is 29.5 Å². The fourth-order valence-electron chi connectivity index (χ4n) is 6.72. The quantitative estimate of drug-likeness (QED) is 0.251. The van der Waals surface area contributed by atoms with Crippen LogP contribution in [0.2, 0.25) is 0 Å². The molecule has 0 aromatic rings. The molecule has 0 unspecified atom stereocenters. The van der Waals surface area contributed by atoms with Crippen LogP contribution in [0.5, 0.6) is 0 Å². The molecule has 9 atom stereocenters. The Morgan fingerprint density at radius 2 is 1.95 bits per heavy atom. The number of hydrogen-bond donors (Lipinski definition) is 2.